The summed E-state index contributed by atoms with van der Waals surface area (Å²) in [5.74, 6) is -2.36. The third-order valence-electron chi connectivity index (χ3n) is 4.39. The number of benzene rings is 2. The monoisotopic (exact) mass is 396 g/mol. The highest BCUT2D eigenvalue weighted by Crippen LogP contribution is 2.27. The number of nitrogens with one attached hydrogen (secondary N) is 3. The number of imidazole rings is 1. The van der Waals surface area contributed by atoms with Crippen LogP contribution >= 0.6 is 0 Å². The van der Waals surface area contributed by atoms with Crippen LogP contribution in [0.4, 0.5) is 14.5 Å². The van der Waals surface area contributed by atoms with Crippen molar-refractivity contribution < 1.29 is 13.6 Å². The molecule has 0 saturated heterocycles. The molecule has 0 unspecified atom stereocenters. The van der Waals surface area contributed by atoms with Crippen LogP contribution in [-0.2, 0) is 6.54 Å². The van der Waals surface area contributed by atoms with Gasteiger partial charge in [0.25, 0.3) is 5.91 Å². The van der Waals surface area contributed by atoms with Gasteiger partial charge in [0.05, 0.1) is 16.7 Å². The number of carbonyl (C=O) groups excluding carboxylic acids is 1. The number of carbonyl (C=O) groups is 1. The molecule has 9 heteroatoms. The first-order chi connectivity index (χ1) is 13.9. The van der Waals surface area contributed by atoms with Gasteiger partial charge in [-0.15, -0.1) is 0 Å². The Hall–Kier alpha value is -3.59. The van der Waals surface area contributed by atoms with Gasteiger partial charge in [0.15, 0.2) is 11.5 Å². The van der Waals surface area contributed by atoms with Gasteiger partial charge in [-0.2, -0.15) is 5.10 Å². The van der Waals surface area contributed by atoms with E-state index < -0.39 is 23.1 Å². The molecule has 0 radical (unpaired) electrons. The lowest BCUT2D eigenvalue weighted by atomic mass is 10.2. The molecule has 148 valence electrons. The summed E-state index contributed by atoms with van der Waals surface area (Å²) in [7, 11) is 3.94. The zero-order valence-electron chi connectivity index (χ0n) is 15.8. The standard InChI is InChI=1S/C20H18F2N6O/c1-28(2)10-11-5-3-8-14-17(11)26-19(24-14)18-15(9-23-27-18)25-20(29)16-12(21)6-4-7-13(16)22/h3-9H,10H2,1-2H3,(H,23,27)(H,24,26)(H,25,29). The van der Waals surface area contributed by atoms with Crippen molar-refractivity contribution in [3.8, 4) is 11.5 Å². The summed E-state index contributed by atoms with van der Waals surface area (Å²) in [4.78, 5) is 22.2. The molecule has 2 aromatic heterocycles. The second-order valence-electron chi connectivity index (χ2n) is 6.83. The Morgan fingerprint density at radius 3 is 2.59 bits per heavy atom. The Morgan fingerprint density at radius 2 is 1.86 bits per heavy atom. The Labute approximate surface area is 164 Å². The molecule has 4 rings (SSSR count). The van der Waals surface area contributed by atoms with Gasteiger partial charge in [-0.1, -0.05) is 18.2 Å². The number of amides is 1. The molecule has 0 bridgehead atoms. The summed E-state index contributed by atoms with van der Waals surface area (Å²) >= 11 is 0. The van der Waals surface area contributed by atoms with E-state index in [1.54, 1.807) is 0 Å². The molecule has 1 amide bonds. The van der Waals surface area contributed by atoms with Crippen molar-refractivity contribution in [2.45, 2.75) is 6.54 Å². The van der Waals surface area contributed by atoms with Crippen molar-refractivity contribution in [1.29, 1.82) is 0 Å². The molecule has 4 aromatic rings. The van der Waals surface area contributed by atoms with E-state index in [0.717, 1.165) is 28.7 Å². The van der Waals surface area contributed by atoms with Crippen LogP contribution in [0.15, 0.2) is 42.6 Å². The third-order valence-corrected chi connectivity index (χ3v) is 4.39. The molecule has 0 saturated carbocycles. The number of H-pyrrole nitrogens is 2. The van der Waals surface area contributed by atoms with Gasteiger partial charge in [-0.3, -0.25) is 9.89 Å². The number of fused-ring (bicyclic) bond motifs is 1. The number of anilines is 1. The van der Waals surface area contributed by atoms with Crippen LogP contribution < -0.4 is 5.32 Å². The molecule has 0 spiro atoms. The second kappa shape index (κ2) is 7.44. The second-order valence-corrected chi connectivity index (χ2v) is 6.83. The molecule has 0 aliphatic heterocycles. The zero-order valence-corrected chi connectivity index (χ0v) is 15.8. The third kappa shape index (κ3) is 3.59. The molecule has 0 aliphatic rings. The molecule has 3 N–H and O–H groups in total. The summed E-state index contributed by atoms with van der Waals surface area (Å²) in [5, 5.41) is 9.28. The van der Waals surface area contributed by atoms with E-state index in [1.807, 2.05) is 37.2 Å². The number of halogens is 2. The zero-order chi connectivity index (χ0) is 20.5. The summed E-state index contributed by atoms with van der Waals surface area (Å²) in [5.41, 5.74) is 2.58. The highest BCUT2D eigenvalue weighted by atomic mass is 19.1. The van der Waals surface area contributed by atoms with Crippen LogP contribution in [0.3, 0.4) is 0 Å². The number of nitrogens with zero attached hydrogens (tertiary/aromatic N) is 3. The number of aromatic amines is 2. The predicted octanol–water partition coefficient (Wildman–Crippen LogP) is 3.55. The number of aromatic nitrogens is 4. The first-order valence-corrected chi connectivity index (χ1v) is 8.86. The van der Waals surface area contributed by atoms with E-state index >= 15 is 0 Å². The smallest absolute Gasteiger partial charge is 0.261 e. The van der Waals surface area contributed by atoms with E-state index in [0.29, 0.717) is 18.1 Å². The van der Waals surface area contributed by atoms with Crippen LogP contribution in [0.25, 0.3) is 22.6 Å². The maximum atomic E-state index is 13.9. The Kier molecular flexibility index (Phi) is 4.81. The van der Waals surface area contributed by atoms with Crippen LogP contribution in [-0.4, -0.2) is 45.1 Å². The molecule has 0 atom stereocenters. The van der Waals surface area contributed by atoms with Crippen molar-refractivity contribution in [3.05, 3.63) is 65.4 Å². The Bertz CT molecular complexity index is 1180. The minimum absolute atomic E-state index is 0.255. The van der Waals surface area contributed by atoms with Crippen LogP contribution in [0.1, 0.15) is 15.9 Å². The van der Waals surface area contributed by atoms with Crippen LogP contribution in [0.2, 0.25) is 0 Å². The molecular weight excluding hydrogens is 378 g/mol. The highest BCUT2D eigenvalue weighted by molar-refractivity contribution is 6.06. The maximum absolute atomic E-state index is 13.9. The fourth-order valence-corrected chi connectivity index (χ4v) is 3.14. The average molecular weight is 396 g/mol. The number of hydrogen-bond donors (Lipinski definition) is 3. The maximum Gasteiger partial charge on any atom is 0.261 e. The molecule has 0 aliphatic carbocycles. The molecule has 0 fully saturated rings. The van der Waals surface area contributed by atoms with E-state index in [2.05, 4.69) is 25.5 Å². The summed E-state index contributed by atoms with van der Waals surface area (Å²) in [6, 6.07) is 9.06. The summed E-state index contributed by atoms with van der Waals surface area (Å²) < 4.78 is 27.8. The fourth-order valence-electron chi connectivity index (χ4n) is 3.14. The fraction of sp³-hybridized carbons (Fsp3) is 0.150. The molecule has 29 heavy (non-hydrogen) atoms. The molecular formula is C20H18F2N6O. The molecule has 2 heterocycles. The Balaban J connectivity index is 1.69. The number of hydrogen-bond acceptors (Lipinski definition) is 4. The van der Waals surface area contributed by atoms with Crippen LogP contribution in [0.5, 0.6) is 0 Å². The van der Waals surface area contributed by atoms with Gasteiger partial charge in [-0.25, -0.2) is 13.8 Å². The molecule has 2 aromatic carbocycles. The molecule has 7 nitrogen and oxygen atoms in total. The van der Waals surface area contributed by atoms with E-state index in [9.17, 15) is 13.6 Å². The van der Waals surface area contributed by atoms with Gasteiger partial charge < -0.3 is 15.2 Å². The van der Waals surface area contributed by atoms with Gasteiger partial charge in [-0.05, 0) is 37.9 Å². The van der Waals surface area contributed by atoms with E-state index in [1.165, 1.54) is 12.3 Å². The van der Waals surface area contributed by atoms with Gasteiger partial charge in [0.1, 0.15) is 17.2 Å². The first-order valence-electron chi connectivity index (χ1n) is 8.86. The van der Waals surface area contributed by atoms with E-state index in [4.69, 9.17) is 0 Å². The summed E-state index contributed by atoms with van der Waals surface area (Å²) in [6.45, 7) is 0.707. The van der Waals surface area contributed by atoms with E-state index in [-0.39, 0.29) is 5.69 Å². The average Bonchev–Trinajstić information content (AvgIpc) is 3.28. The van der Waals surface area contributed by atoms with Crippen molar-refractivity contribution in [1.82, 2.24) is 25.1 Å². The lowest BCUT2D eigenvalue weighted by molar-refractivity contribution is 0.101. The van der Waals surface area contributed by atoms with Gasteiger partial charge in [0.2, 0.25) is 0 Å². The lowest BCUT2D eigenvalue weighted by Gasteiger charge is -2.09. The SMILES string of the molecule is CN(C)Cc1cccc2[nH]c(-c3n[nH]cc3NC(=O)c3c(F)cccc3F)nc12. The highest BCUT2D eigenvalue weighted by Gasteiger charge is 2.21. The first kappa shape index (κ1) is 18.8. The Morgan fingerprint density at radius 1 is 1.14 bits per heavy atom. The lowest BCUT2D eigenvalue weighted by Crippen LogP contribution is -2.16. The topological polar surface area (TPSA) is 89.7 Å². The largest absolute Gasteiger partial charge is 0.337 e. The van der Waals surface area contributed by atoms with Crippen molar-refractivity contribution in [2.24, 2.45) is 0 Å². The quantitative estimate of drug-likeness (QED) is 0.481. The van der Waals surface area contributed by atoms with Crippen molar-refractivity contribution >= 4 is 22.6 Å². The van der Waals surface area contributed by atoms with Crippen LogP contribution in [0, 0.1) is 11.6 Å². The van der Waals surface area contributed by atoms with Gasteiger partial charge >= 0.3 is 0 Å². The summed E-state index contributed by atoms with van der Waals surface area (Å²) in [6.07, 6.45) is 1.43. The normalized spacial score (nSPS) is 11.3. The van der Waals surface area contributed by atoms with Crippen molar-refractivity contribution in [2.75, 3.05) is 19.4 Å². The van der Waals surface area contributed by atoms with Gasteiger partial charge in [0, 0.05) is 12.7 Å². The predicted molar refractivity (Wildman–Crippen MR) is 105 cm³/mol. The minimum Gasteiger partial charge on any atom is -0.337 e. The van der Waals surface area contributed by atoms with Crippen molar-refractivity contribution in [3.63, 3.8) is 0 Å². The number of para-hydroxylation sites is 1. The minimum atomic E-state index is -0.940. The number of rotatable bonds is 5.